The van der Waals surface area contributed by atoms with Gasteiger partial charge >= 0.3 is 0 Å². The topological polar surface area (TPSA) is 12.0 Å². The summed E-state index contributed by atoms with van der Waals surface area (Å²) >= 11 is 12.2. The molecule has 112 valence electrons. The predicted octanol–water partition coefficient (Wildman–Crippen LogP) is 6.00. The summed E-state index contributed by atoms with van der Waals surface area (Å²) in [5.74, 6) is 0.844. The van der Waals surface area contributed by atoms with Crippen LogP contribution in [-0.4, -0.2) is 6.54 Å². The molecule has 1 aromatic carbocycles. The first-order valence-electron chi connectivity index (χ1n) is 7.89. The van der Waals surface area contributed by atoms with Gasteiger partial charge in [-0.2, -0.15) is 0 Å². The summed E-state index contributed by atoms with van der Waals surface area (Å²) in [5.41, 5.74) is 1.27. The van der Waals surface area contributed by atoms with Gasteiger partial charge in [0, 0.05) is 6.04 Å². The Balaban J connectivity index is 2.06. The zero-order chi connectivity index (χ0) is 14.4. The molecule has 1 aromatic rings. The minimum absolute atomic E-state index is 0.401. The largest absolute Gasteiger partial charge is 0.310 e. The van der Waals surface area contributed by atoms with E-state index in [4.69, 9.17) is 23.2 Å². The molecule has 1 aliphatic carbocycles. The zero-order valence-electron chi connectivity index (χ0n) is 12.3. The summed E-state index contributed by atoms with van der Waals surface area (Å²) < 4.78 is 0. The van der Waals surface area contributed by atoms with Crippen molar-refractivity contribution in [3.63, 3.8) is 0 Å². The van der Waals surface area contributed by atoms with Crippen molar-refractivity contribution in [1.82, 2.24) is 5.32 Å². The highest BCUT2D eigenvalue weighted by Crippen LogP contribution is 2.33. The third kappa shape index (κ3) is 4.65. The molecule has 0 aromatic heterocycles. The van der Waals surface area contributed by atoms with Crippen LogP contribution >= 0.6 is 23.2 Å². The first-order chi connectivity index (χ1) is 9.70. The molecule has 1 saturated carbocycles. The van der Waals surface area contributed by atoms with Gasteiger partial charge in [0.2, 0.25) is 0 Å². The standard InChI is InChI=1S/C17H25Cl2N/c1-2-20-17(11-13-7-5-3-4-6-8-13)14-9-10-15(18)16(19)12-14/h9-10,12-13,17,20H,2-8,11H2,1H3. The van der Waals surface area contributed by atoms with Crippen LogP contribution in [0.1, 0.15) is 63.5 Å². The molecule has 0 heterocycles. The van der Waals surface area contributed by atoms with E-state index in [0.29, 0.717) is 16.1 Å². The molecule has 0 aliphatic heterocycles. The second kappa shape index (κ2) is 8.26. The van der Waals surface area contributed by atoms with E-state index in [1.807, 2.05) is 12.1 Å². The summed E-state index contributed by atoms with van der Waals surface area (Å²) in [6.07, 6.45) is 9.58. The Morgan fingerprint density at radius 1 is 1.10 bits per heavy atom. The van der Waals surface area contributed by atoms with Gasteiger partial charge in [0.1, 0.15) is 0 Å². The Hall–Kier alpha value is -0.240. The second-order valence-corrected chi connectivity index (χ2v) is 6.69. The van der Waals surface area contributed by atoms with Crippen LogP contribution in [0.15, 0.2) is 18.2 Å². The van der Waals surface area contributed by atoms with Crippen LogP contribution in [0.25, 0.3) is 0 Å². The van der Waals surface area contributed by atoms with E-state index >= 15 is 0 Å². The molecule has 20 heavy (non-hydrogen) atoms. The van der Waals surface area contributed by atoms with E-state index in [2.05, 4.69) is 18.3 Å². The van der Waals surface area contributed by atoms with Crippen molar-refractivity contribution in [2.75, 3.05) is 6.54 Å². The molecule has 2 rings (SSSR count). The molecule has 1 N–H and O–H groups in total. The molecule has 3 heteroatoms. The van der Waals surface area contributed by atoms with Gasteiger partial charge in [-0.1, -0.05) is 74.7 Å². The molecule has 0 bridgehead atoms. The van der Waals surface area contributed by atoms with Crippen molar-refractivity contribution < 1.29 is 0 Å². The summed E-state index contributed by atoms with van der Waals surface area (Å²) in [6, 6.07) is 6.45. The van der Waals surface area contributed by atoms with Crippen LogP contribution in [-0.2, 0) is 0 Å². The maximum absolute atomic E-state index is 6.17. The molecule has 1 nitrogen and oxygen atoms in total. The third-order valence-corrected chi connectivity index (χ3v) is 5.08. The second-order valence-electron chi connectivity index (χ2n) is 5.88. The first kappa shape index (κ1) is 16.1. The molecule has 0 spiro atoms. The SMILES string of the molecule is CCNC(CC1CCCCCC1)c1ccc(Cl)c(Cl)c1. The lowest BCUT2D eigenvalue weighted by atomic mass is 9.89. The number of benzene rings is 1. The summed E-state index contributed by atoms with van der Waals surface area (Å²) in [6.45, 7) is 3.15. The van der Waals surface area contributed by atoms with E-state index in [9.17, 15) is 0 Å². The normalized spacial score (nSPS) is 18.8. The van der Waals surface area contributed by atoms with Crippen LogP contribution < -0.4 is 5.32 Å². The van der Waals surface area contributed by atoms with Crippen LogP contribution in [0.5, 0.6) is 0 Å². The lowest BCUT2D eigenvalue weighted by Crippen LogP contribution is -2.23. The minimum atomic E-state index is 0.401. The number of hydrogen-bond acceptors (Lipinski definition) is 1. The van der Waals surface area contributed by atoms with Crippen LogP contribution in [0.4, 0.5) is 0 Å². The summed E-state index contributed by atoms with van der Waals surface area (Å²) in [5, 5.41) is 4.91. The summed E-state index contributed by atoms with van der Waals surface area (Å²) in [4.78, 5) is 0. The van der Waals surface area contributed by atoms with Crippen molar-refractivity contribution in [2.45, 2.75) is 57.9 Å². The number of halogens is 2. The van der Waals surface area contributed by atoms with Crippen molar-refractivity contribution in [3.8, 4) is 0 Å². The molecular weight excluding hydrogens is 289 g/mol. The van der Waals surface area contributed by atoms with Crippen molar-refractivity contribution in [3.05, 3.63) is 33.8 Å². The van der Waals surface area contributed by atoms with Gasteiger partial charge in [0.25, 0.3) is 0 Å². The molecule has 0 amide bonds. The van der Waals surface area contributed by atoms with Crippen molar-refractivity contribution >= 4 is 23.2 Å². The highest BCUT2D eigenvalue weighted by atomic mass is 35.5. The monoisotopic (exact) mass is 313 g/mol. The fraction of sp³-hybridized carbons (Fsp3) is 0.647. The van der Waals surface area contributed by atoms with E-state index in [1.165, 1.54) is 50.5 Å². The smallest absolute Gasteiger partial charge is 0.0595 e. The molecule has 1 unspecified atom stereocenters. The van der Waals surface area contributed by atoms with Crippen LogP contribution in [0.3, 0.4) is 0 Å². The number of rotatable bonds is 5. The van der Waals surface area contributed by atoms with Gasteiger partial charge in [-0.3, -0.25) is 0 Å². The van der Waals surface area contributed by atoms with Gasteiger partial charge in [-0.05, 0) is 36.6 Å². The number of hydrogen-bond donors (Lipinski definition) is 1. The molecule has 1 aliphatic rings. The quantitative estimate of drug-likeness (QED) is 0.657. The Morgan fingerprint density at radius 2 is 1.80 bits per heavy atom. The van der Waals surface area contributed by atoms with Gasteiger partial charge in [0.15, 0.2) is 0 Å². The van der Waals surface area contributed by atoms with E-state index in [0.717, 1.165) is 12.5 Å². The maximum Gasteiger partial charge on any atom is 0.0595 e. The van der Waals surface area contributed by atoms with Crippen LogP contribution in [0.2, 0.25) is 10.0 Å². The van der Waals surface area contributed by atoms with Gasteiger partial charge in [-0.25, -0.2) is 0 Å². The van der Waals surface area contributed by atoms with Crippen molar-refractivity contribution in [2.24, 2.45) is 5.92 Å². The highest BCUT2D eigenvalue weighted by Gasteiger charge is 2.19. The molecule has 0 saturated heterocycles. The predicted molar refractivity (Wildman–Crippen MR) is 88.7 cm³/mol. The minimum Gasteiger partial charge on any atom is -0.310 e. The van der Waals surface area contributed by atoms with Gasteiger partial charge in [-0.15, -0.1) is 0 Å². The maximum atomic E-state index is 6.17. The fourth-order valence-corrected chi connectivity index (χ4v) is 3.55. The zero-order valence-corrected chi connectivity index (χ0v) is 13.8. The third-order valence-electron chi connectivity index (χ3n) is 4.34. The summed E-state index contributed by atoms with van der Waals surface area (Å²) in [7, 11) is 0. The van der Waals surface area contributed by atoms with Crippen LogP contribution in [0, 0.1) is 5.92 Å². The highest BCUT2D eigenvalue weighted by molar-refractivity contribution is 6.42. The Kier molecular flexibility index (Phi) is 6.67. The molecule has 1 atom stereocenters. The molecular formula is C17H25Cl2N. The first-order valence-corrected chi connectivity index (χ1v) is 8.64. The Labute approximate surface area is 133 Å². The van der Waals surface area contributed by atoms with Crippen molar-refractivity contribution in [1.29, 1.82) is 0 Å². The van der Waals surface area contributed by atoms with Gasteiger partial charge in [0.05, 0.1) is 10.0 Å². The Morgan fingerprint density at radius 3 is 2.40 bits per heavy atom. The number of nitrogens with one attached hydrogen (secondary N) is 1. The lowest BCUT2D eigenvalue weighted by molar-refractivity contribution is 0.360. The van der Waals surface area contributed by atoms with E-state index < -0.39 is 0 Å². The molecule has 0 radical (unpaired) electrons. The molecule has 1 fully saturated rings. The lowest BCUT2D eigenvalue weighted by Gasteiger charge is -2.24. The van der Waals surface area contributed by atoms with E-state index in [-0.39, 0.29) is 0 Å². The Bertz CT molecular complexity index is 411. The average molecular weight is 314 g/mol. The van der Waals surface area contributed by atoms with E-state index in [1.54, 1.807) is 0 Å². The van der Waals surface area contributed by atoms with Gasteiger partial charge < -0.3 is 5.32 Å². The average Bonchev–Trinajstić information content (AvgIpc) is 2.70. The fourth-order valence-electron chi connectivity index (χ4n) is 3.25.